The highest BCUT2D eigenvalue weighted by molar-refractivity contribution is 5.83. The SMILES string of the molecule is C=CC(=O)Oc1ccc(C#N)cc1CCC#N. The van der Waals surface area contributed by atoms with Crippen LogP contribution >= 0.6 is 0 Å². The van der Waals surface area contributed by atoms with Crippen LogP contribution in [0.25, 0.3) is 0 Å². The summed E-state index contributed by atoms with van der Waals surface area (Å²) in [4.78, 5) is 11.1. The number of nitriles is 2. The molecule has 0 amide bonds. The second-order valence-corrected chi connectivity index (χ2v) is 3.22. The van der Waals surface area contributed by atoms with Gasteiger partial charge < -0.3 is 4.74 Å². The maximum absolute atomic E-state index is 11.1. The Labute approximate surface area is 99.4 Å². The van der Waals surface area contributed by atoms with E-state index in [9.17, 15) is 4.79 Å². The molecule has 0 N–H and O–H groups in total. The molecule has 1 aromatic rings. The largest absolute Gasteiger partial charge is 0.423 e. The maximum Gasteiger partial charge on any atom is 0.335 e. The number of esters is 1. The number of ether oxygens (including phenoxy) is 1. The van der Waals surface area contributed by atoms with Crippen LogP contribution in [0.5, 0.6) is 5.75 Å². The number of nitrogens with zero attached hydrogens (tertiary/aromatic N) is 2. The first-order chi connectivity index (χ1) is 8.21. The molecule has 0 spiro atoms. The molecule has 0 saturated heterocycles. The number of rotatable bonds is 4. The molecule has 0 aromatic heterocycles. The van der Waals surface area contributed by atoms with Gasteiger partial charge in [-0.05, 0) is 30.2 Å². The lowest BCUT2D eigenvalue weighted by Gasteiger charge is -2.07. The zero-order chi connectivity index (χ0) is 12.7. The van der Waals surface area contributed by atoms with Crippen molar-refractivity contribution >= 4 is 5.97 Å². The quantitative estimate of drug-likeness (QED) is 0.447. The second kappa shape index (κ2) is 6.09. The van der Waals surface area contributed by atoms with Gasteiger partial charge >= 0.3 is 5.97 Å². The van der Waals surface area contributed by atoms with Crippen LogP contribution in [0, 0.1) is 22.7 Å². The van der Waals surface area contributed by atoms with E-state index < -0.39 is 5.97 Å². The molecule has 4 nitrogen and oxygen atoms in total. The number of benzene rings is 1. The molecule has 0 aliphatic heterocycles. The minimum Gasteiger partial charge on any atom is -0.423 e. The number of aryl methyl sites for hydroxylation is 1. The van der Waals surface area contributed by atoms with E-state index >= 15 is 0 Å². The second-order valence-electron chi connectivity index (χ2n) is 3.22. The smallest absolute Gasteiger partial charge is 0.335 e. The molecule has 17 heavy (non-hydrogen) atoms. The topological polar surface area (TPSA) is 73.9 Å². The fraction of sp³-hybridized carbons (Fsp3) is 0.154. The molecule has 0 fully saturated rings. The molecule has 0 radical (unpaired) electrons. The lowest BCUT2D eigenvalue weighted by atomic mass is 10.1. The van der Waals surface area contributed by atoms with Crippen molar-refractivity contribution in [2.45, 2.75) is 12.8 Å². The van der Waals surface area contributed by atoms with Gasteiger partial charge in [0.2, 0.25) is 0 Å². The maximum atomic E-state index is 11.1. The lowest BCUT2D eigenvalue weighted by molar-refractivity contribution is -0.129. The van der Waals surface area contributed by atoms with Gasteiger partial charge in [-0.15, -0.1) is 0 Å². The van der Waals surface area contributed by atoms with E-state index in [-0.39, 0.29) is 0 Å². The van der Waals surface area contributed by atoms with E-state index in [1.165, 1.54) is 0 Å². The molecule has 0 aliphatic rings. The summed E-state index contributed by atoms with van der Waals surface area (Å²) in [7, 11) is 0. The summed E-state index contributed by atoms with van der Waals surface area (Å²) in [6, 6.07) is 8.72. The molecule has 1 rings (SSSR count). The van der Waals surface area contributed by atoms with Crippen LogP contribution in [0.3, 0.4) is 0 Å². The van der Waals surface area contributed by atoms with Gasteiger partial charge in [-0.25, -0.2) is 4.79 Å². The Kier molecular flexibility index (Phi) is 4.47. The lowest BCUT2D eigenvalue weighted by Crippen LogP contribution is -2.05. The Bertz CT molecular complexity index is 521. The summed E-state index contributed by atoms with van der Waals surface area (Å²) >= 11 is 0. The Morgan fingerprint density at radius 2 is 2.24 bits per heavy atom. The Morgan fingerprint density at radius 1 is 1.47 bits per heavy atom. The van der Waals surface area contributed by atoms with Crippen molar-refractivity contribution in [3.05, 3.63) is 42.0 Å². The minimum atomic E-state index is -0.562. The highest BCUT2D eigenvalue weighted by atomic mass is 16.5. The van der Waals surface area contributed by atoms with Crippen molar-refractivity contribution < 1.29 is 9.53 Å². The first-order valence-electron chi connectivity index (χ1n) is 4.95. The Hall–Kier alpha value is -2.59. The minimum absolute atomic E-state index is 0.299. The molecular formula is C13H10N2O2. The molecule has 0 unspecified atom stereocenters. The predicted molar refractivity (Wildman–Crippen MR) is 60.9 cm³/mol. The Balaban J connectivity index is 3.02. The average molecular weight is 226 g/mol. The molecular weight excluding hydrogens is 216 g/mol. The van der Waals surface area contributed by atoms with E-state index in [0.717, 1.165) is 6.08 Å². The molecule has 0 atom stereocenters. The number of carbonyl (C=O) groups excluding carboxylic acids is 1. The van der Waals surface area contributed by atoms with Crippen molar-refractivity contribution in [1.82, 2.24) is 0 Å². The molecule has 0 heterocycles. The first-order valence-corrected chi connectivity index (χ1v) is 4.95. The number of hydrogen-bond donors (Lipinski definition) is 0. The molecule has 4 heteroatoms. The van der Waals surface area contributed by atoms with Crippen molar-refractivity contribution in [3.8, 4) is 17.9 Å². The molecule has 0 saturated carbocycles. The van der Waals surface area contributed by atoms with Crippen molar-refractivity contribution in [2.75, 3.05) is 0 Å². The third kappa shape index (κ3) is 3.48. The van der Waals surface area contributed by atoms with E-state index in [4.69, 9.17) is 15.3 Å². The molecule has 0 aliphatic carbocycles. The van der Waals surface area contributed by atoms with Crippen LogP contribution in [0.2, 0.25) is 0 Å². The van der Waals surface area contributed by atoms with E-state index in [1.807, 2.05) is 12.1 Å². The number of hydrogen-bond acceptors (Lipinski definition) is 4. The summed E-state index contributed by atoms with van der Waals surface area (Å²) < 4.78 is 5.02. The van der Waals surface area contributed by atoms with Crippen LogP contribution in [0.15, 0.2) is 30.9 Å². The van der Waals surface area contributed by atoms with Crippen LogP contribution in [-0.4, -0.2) is 5.97 Å². The van der Waals surface area contributed by atoms with Gasteiger partial charge in [0, 0.05) is 12.5 Å². The van der Waals surface area contributed by atoms with Gasteiger partial charge in [-0.1, -0.05) is 6.58 Å². The predicted octanol–water partition coefficient (Wildman–Crippen LogP) is 2.11. The van der Waals surface area contributed by atoms with Crippen LogP contribution < -0.4 is 4.74 Å². The van der Waals surface area contributed by atoms with Gasteiger partial charge in [0.15, 0.2) is 0 Å². The Morgan fingerprint density at radius 3 is 2.82 bits per heavy atom. The summed E-state index contributed by atoms with van der Waals surface area (Å²) in [5, 5.41) is 17.3. The summed E-state index contributed by atoms with van der Waals surface area (Å²) in [5.74, 6) is -0.197. The zero-order valence-electron chi connectivity index (χ0n) is 9.14. The monoisotopic (exact) mass is 226 g/mol. The fourth-order valence-electron chi connectivity index (χ4n) is 1.28. The van der Waals surface area contributed by atoms with Crippen LogP contribution in [0.4, 0.5) is 0 Å². The summed E-state index contributed by atoms with van der Waals surface area (Å²) in [6.45, 7) is 3.30. The van der Waals surface area contributed by atoms with Gasteiger partial charge in [-0.2, -0.15) is 10.5 Å². The third-order valence-corrected chi connectivity index (χ3v) is 2.07. The van der Waals surface area contributed by atoms with Crippen LogP contribution in [0.1, 0.15) is 17.5 Å². The van der Waals surface area contributed by atoms with E-state index in [0.29, 0.717) is 29.7 Å². The van der Waals surface area contributed by atoms with Gasteiger partial charge in [-0.3, -0.25) is 0 Å². The average Bonchev–Trinajstić information content (AvgIpc) is 2.37. The van der Waals surface area contributed by atoms with Gasteiger partial charge in [0.1, 0.15) is 5.75 Å². The van der Waals surface area contributed by atoms with Crippen molar-refractivity contribution in [2.24, 2.45) is 0 Å². The third-order valence-electron chi connectivity index (χ3n) is 2.07. The fourth-order valence-corrected chi connectivity index (χ4v) is 1.28. The van der Waals surface area contributed by atoms with E-state index in [1.54, 1.807) is 18.2 Å². The first kappa shape index (κ1) is 12.5. The standard InChI is InChI=1S/C13H10N2O2/c1-2-13(16)17-12-6-5-10(9-15)8-11(12)4-3-7-14/h2,5-6,8H,1,3-4H2. The molecule has 84 valence electrons. The van der Waals surface area contributed by atoms with E-state index in [2.05, 4.69) is 6.58 Å². The summed E-state index contributed by atoms with van der Waals surface area (Å²) in [5.41, 5.74) is 1.14. The molecule has 1 aromatic carbocycles. The van der Waals surface area contributed by atoms with Crippen LogP contribution in [-0.2, 0) is 11.2 Å². The summed E-state index contributed by atoms with van der Waals surface area (Å²) in [6.07, 6.45) is 1.80. The highest BCUT2D eigenvalue weighted by Crippen LogP contribution is 2.21. The van der Waals surface area contributed by atoms with Gasteiger partial charge in [0.25, 0.3) is 0 Å². The highest BCUT2D eigenvalue weighted by Gasteiger charge is 2.08. The molecule has 0 bridgehead atoms. The zero-order valence-corrected chi connectivity index (χ0v) is 9.14. The van der Waals surface area contributed by atoms with Gasteiger partial charge in [0.05, 0.1) is 17.7 Å². The number of carbonyl (C=O) groups is 1. The van der Waals surface area contributed by atoms with Crippen molar-refractivity contribution in [1.29, 1.82) is 10.5 Å². The van der Waals surface area contributed by atoms with Crippen molar-refractivity contribution in [3.63, 3.8) is 0 Å². The normalized spacial score (nSPS) is 8.82.